The Labute approximate surface area is 154 Å². The van der Waals surface area contributed by atoms with E-state index >= 15 is 0 Å². The van der Waals surface area contributed by atoms with Crippen LogP contribution in [0, 0.1) is 0 Å². The summed E-state index contributed by atoms with van der Waals surface area (Å²) in [6, 6.07) is 6.00. The van der Waals surface area contributed by atoms with Gasteiger partial charge >= 0.3 is 5.97 Å². The van der Waals surface area contributed by atoms with Gasteiger partial charge in [-0.05, 0) is 51.5 Å². The molecule has 0 spiro atoms. The molecule has 0 radical (unpaired) electrons. The molecule has 0 saturated carbocycles. The quantitative estimate of drug-likeness (QED) is 0.530. The van der Waals surface area contributed by atoms with Gasteiger partial charge in [0.15, 0.2) is 0 Å². The molecule has 9 heteroatoms. The summed E-state index contributed by atoms with van der Waals surface area (Å²) in [5.41, 5.74) is -0.677. The SMILES string of the molecule is CCOc1ccc(S(=O)(=O)NCCC(=O)NC(C)(C)CCC(=O)O)cc1. The summed E-state index contributed by atoms with van der Waals surface area (Å²) in [4.78, 5) is 22.6. The standard InChI is InChI=1S/C17H26N2O6S/c1-4-25-13-5-7-14(8-6-13)26(23,24)18-12-10-15(20)19-17(2,3)11-9-16(21)22/h5-8,18H,4,9-12H2,1-3H3,(H,19,20)(H,21,22). The van der Waals surface area contributed by atoms with Crippen LogP contribution < -0.4 is 14.8 Å². The molecular formula is C17H26N2O6S. The third-order valence-electron chi connectivity index (χ3n) is 3.53. The highest BCUT2D eigenvalue weighted by Gasteiger charge is 2.22. The second-order valence-corrected chi connectivity index (χ2v) is 8.14. The fourth-order valence-corrected chi connectivity index (χ4v) is 3.22. The van der Waals surface area contributed by atoms with Crippen molar-refractivity contribution in [1.82, 2.24) is 10.0 Å². The number of carbonyl (C=O) groups is 2. The van der Waals surface area contributed by atoms with E-state index in [2.05, 4.69) is 10.0 Å². The van der Waals surface area contributed by atoms with Gasteiger partial charge in [-0.1, -0.05) is 0 Å². The number of rotatable bonds is 11. The van der Waals surface area contributed by atoms with Crippen molar-refractivity contribution < 1.29 is 27.9 Å². The van der Waals surface area contributed by atoms with Crippen molar-refractivity contribution in [2.45, 2.75) is 50.5 Å². The monoisotopic (exact) mass is 386 g/mol. The Morgan fingerprint density at radius 2 is 1.77 bits per heavy atom. The van der Waals surface area contributed by atoms with Gasteiger partial charge in [-0.25, -0.2) is 13.1 Å². The highest BCUT2D eigenvalue weighted by molar-refractivity contribution is 7.89. The molecule has 1 rings (SSSR count). The lowest BCUT2D eigenvalue weighted by Crippen LogP contribution is -2.44. The minimum atomic E-state index is -3.72. The van der Waals surface area contributed by atoms with Crippen LogP contribution in [0.4, 0.5) is 0 Å². The molecule has 0 saturated heterocycles. The summed E-state index contributed by atoms with van der Waals surface area (Å²) in [5.74, 6) is -0.709. The summed E-state index contributed by atoms with van der Waals surface area (Å²) < 4.78 is 32.0. The Kier molecular flexibility index (Phi) is 8.04. The molecule has 0 aliphatic rings. The fraction of sp³-hybridized carbons (Fsp3) is 0.529. The van der Waals surface area contributed by atoms with Crippen molar-refractivity contribution in [3.63, 3.8) is 0 Å². The maximum atomic E-state index is 12.2. The molecule has 146 valence electrons. The minimum absolute atomic E-state index is 0.0488. The minimum Gasteiger partial charge on any atom is -0.494 e. The van der Waals surface area contributed by atoms with Crippen LogP contribution in [0.25, 0.3) is 0 Å². The average Bonchev–Trinajstić information content (AvgIpc) is 2.53. The maximum Gasteiger partial charge on any atom is 0.303 e. The number of sulfonamides is 1. The molecule has 1 aromatic carbocycles. The molecule has 0 bridgehead atoms. The zero-order valence-corrected chi connectivity index (χ0v) is 16.1. The molecule has 3 N–H and O–H groups in total. The van der Waals surface area contributed by atoms with Crippen molar-refractivity contribution in [1.29, 1.82) is 0 Å². The van der Waals surface area contributed by atoms with Crippen LogP contribution in [0.1, 0.15) is 40.0 Å². The lowest BCUT2D eigenvalue weighted by Gasteiger charge is -2.25. The first-order valence-electron chi connectivity index (χ1n) is 8.31. The molecule has 1 aromatic rings. The first kappa shape index (κ1) is 21.9. The number of ether oxygens (including phenoxy) is 1. The van der Waals surface area contributed by atoms with Gasteiger partial charge in [0.2, 0.25) is 15.9 Å². The Hall–Kier alpha value is -2.13. The lowest BCUT2D eigenvalue weighted by atomic mass is 9.98. The topological polar surface area (TPSA) is 122 Å². The highest BCUT2D eigenvalue weighted by atomic mass is 32.2. The molecule has 0 aliphatic heterocycles. The summed E-state index contributed by atoms with van der Waals surface area (Å²) in [6.07, 6.45) is 0.177. The zero-order chi connectivity index (χ0) is 19.8. The van der Waals surface area contributed by atoms with E-state index in [0.29, 0.717) is 12.4 Å². The van der Waals surface area contributed by atoms with Gasteiger partial charge in [0.25, 0.3) is 0 Å². The molecular weight excluding hydrogens is 360 g/mol. The van der Waals surface area contributed by atoms with E-state index in [0.717, 1.165) is 0 Å². The van der Waals surface area contributed by atoms with Gasteiger partial charge in [0, 0.05) is 24.9 Å². The third kappa shape index (κ3) is 7.83. The number of carboxylic acids is 1. The molecule has 8 nitrogen and oxygen atoms in total. The molecule has 1 amide bonds. The van der Waals surface area contributed by atoms with E-state index < -0.39 is 21.5 Å². The molecule has 0 unspecified atom stereocenters. The van der Waals surface area contributed by atoms with E-state index in [1.54, 1.807) is 26.0 Å². The second kappa shape index (κ2) is 9.54. The molecule has 0 atom stereocenters. The summed E-state index contributed by atoms with van der Waals surface area (Å²) in [5, 5.41) is 11.4. The van der Waals surface area contributed by atoms with E-state index in [1.165, 1.54) is 12.1 Å². The van der Waals surface area contributed by atoms with Crippen LogP contribution in [-0.2, 0) is 19.6 Å². The van der Waals surface area contributed by atoms with Gasteiger partial charge in [-0.15, -0.1) is 0 Å². The first-order chi connectivity index (χ1) is 12.1. The van der Waals surface area contributed by atoms with Gasteiger partial charge in [0.1, 0.15) is 5.75 Å². The molecule has 0 aliphatic carbocycles. The van der Waals surface area contributed by atoms with Gasteiger partial charge in [-0.3, -0.25) is 9.59 Å². The Balaban J connectivity index is 2.50. The molecule has 0 heterocycles. The first-order valence-corrected chi connectivity index (χ1v) is 9.79. The number of aliphatic carboxylic acids is 1. The highest BCUT2D eigenvalue weighted by Crippen LogP contribution is 2.16. The third-order valence-corrected chi connectivity index (χ3v) is 5.01. The fourth-order valence-electron chi connectivity index (χ4n) is 2.19. The van der Waals surface area contributed by atoms with E-state index in [-0.39, 0.29) is 36.6 Å². The van der Waals surface area contributed by atoms with Crippen LogP contribution in [0.15, 0.2) is 29.2 Å². The van der Waals surface area contributed by atoms with E-state index in [1.807, 2.05) is 6.92 Å². The summed E-state index contributed by atoms with van der Waals surface area (Å²) >= 11 is 0. The Morgan fingerprint density at radius 3 is 2.31 bits per heavy atom. The largest absolute Gasteiger partial charge is 0.494 e. The number of benzene rings is 1. The van der Waals surface area contributed by atoms with Crippen molar-refractivity contribution in [2.24, 2.45) is 0 Å². The number of amides is 1. The summed E-state index contributed by atoms with van der Waals surface area (Å²) in [7, 11) is -3.72. The van der Waals surface area contributed by atoms with Crippen LogP contribution >= 0.6 is 0 Å². The van der Waals surface area contributed by atoms with Gasteiger partial charge in [0.05, 0.1) is 11.5 Å². The number of carboxylic acid groups (broad SMARTS) is 1. The molecule has 0 aromatic heterocycles. The van der Waals surface area contributed by atoms with E-state index in [9.17, 15) is 18.0 Å². The van der Waals surface area contributed by atoms with Gasteiger partial charge in [-0.2, -0.15) is 0 Å². The molecule has 0 fully saturated rings. The normalized spacial score (nSPS) is 11.8. The van der Waals surface area contributed by atoms with Crippen molar-refractivity contribution in [2.75, 3.05) is 13.2 Å². The number of hydrogen-bond acceptors (Lipinski definition) is 5. The van der Waals surface area contributed by atoms with Crippen LogP contribution in [0.5, 0.6) is 5.75 Å². The predicted octanol–water partition coefficient (Wildman–Crippen LogP) is 1.51. The van der Waals surface area contributed by atoms with Gasteiger partial charge < -0.3 is 15.2 Å². The van der Waals surface area contributed by atoms with Crippen molar-refractivity contribution >= 4 is 21.9 Å². The zero-order valence-electron chi connectivity index (χ0n) is 15.2. The second-order valence-electron chi connectivity index (χ2n) is 6.38. The number of carbonyl (C=O) groups excluding carboxylic acids is 1. The Bertz CT molecular complexity index is 713. The van der Waals surface area contributed by atoms with Crippen molar-refractivity contribution in [3.8, 4) is 5.75 Å². The number of nitrogens with one attached hydrogen (secondary N) is 2. The lowest BCUT2D eigenvalue weighted by molar-refractivity contribution is -0.137. The maximum absolute atomic E-state index is 12.2. The summed E-state index contributed by atoms with van der Waals surface area (Å²) in [6.45, 7) is 5.70. The smallest absolute Gasteiger partial charge is 0.303 e. The van der Waals surface area contributed by atoms with Crippen LogP contribution in [0.2, 0.25) is 0 Å². The van der Waals surface area contributed by atoms with Crippen LogP contribution in [0.3, 0.4) is 0 Å². The molecule has 26 heavy (non-hydrogen) atoms. The van der Waals surface area contributed by atoms with E-state index in [4.69, 9.17) is 9.84 Å². The Morgan fingerprint density at radius 1 is 1.15 bits per heavy atom. The predicted molar refractivity (Wildman–Crippen MR) is 96.5 cm³/mol. The van der Waals surface area contributed by atoms with Crippen molar-refractivity contribution in [3.05, 3.63) is 24.3 Å². The average molecular weight is 386 g/mol. The number of hydrogen-bond donors (Lipinski definition) is 3. The van der Waals surface area contributed by atoms with Crippen LogP contribution in [-0.4, -0.2) is 44.1 Å².